The Balaban J connectivity index is 2.04. The molecule has 2 heterocycles. The van der Waals surface area contributed by atoms with Crippen LogP contribution in [0.2, 0.25) is 0 Å². The van der Waals surface area contributed by atoms with Crippen molar-refractivity contribution in [2.24, 2.45) is 5.84 Å². The zero-order valence-corrected chi connectivity index (χ0v) is 17.9. The molecule has 180 valence electrons. The predicted molar refractivity (Wildman–Crippen MR) is 109 cm³/mol. The number of halogens is 6. The molecule has 1 amide bonds. The lowest BCUT2D eigenvalue weighted by molar-refractivity contribution is -0.143. The van der Waals surface area contributed by atoms with Gasteiger partial charge in [0.15, 0.2) is 0 Å². The third kappa shape index (κ3) is 5.81. The SMILES string of the molecule is Cc1ccnc(C(C(=O)N(N)c2cc(C(F)(F)F)cc(C(F)(F)F)c2)N2CCN(C)CC2)c1. The number of carbonyl (C=O) groups excluding carboxylic acids is 1. The van der Waals surface area contributed by atoms with Crippen LogP contribution in [0.5, 0.6) is 0 Å². The van der Waals surface area contributed by atoms with Gasteiger partial charge >= 0.3 is 12.4 Å². The number of amides is 1. The molecule has 1 fully saturated rings. The number of alkyl halides is 6. The Morgan fingerprint density at radius 2 is 1.55 bits per heavy atom. The predicted octanol–water partition coefficient (Wildman–Crippen LogP) is 3.62. The zero-order chi connectivity index (χ0) is 24.6. The van der Waals surface area contributed by atoms with E-state index in [1.54, 1.807) is 24.0 Å². The Kier molecular flexibility index (Phi) is 7.01. The van der Waals surface area contributed by atoms with E-state index in [2.05, 4.69) is 4.98 Å². The van der Waals surface area contributed by atoms with Gasteiger partial charge in [-0.1, -0.05) is 0 Å². The normalized spacial score (nSPS) is 17.1. The molecule has 2 N–H and O–H groups in total. The van der Waals surface area contributed by atoms with Gasteiger partial charge in [0.05, 0.1) is 22.5 Å². The summed E-state index contributed by atoms with van der Waals surface area (Å²) in [6, 6.07) is 3.12. The molecule has 6 nitrogen and oxygen atoms in total. The summed E-state index contributed by atoms with van der Waals surface area (Å²) in [7, 11) is 1.90. The number of rotatable bonds is 4. The van der Waals surface area contributed by atoms with E-state index >= 15 is 0 Å². The van der Waals surface area contributed by atoms with E-state index < -0.39 is 41.1 Å². The number of aryl methyl sites for hydroxylation is 1. The van der Waals surface area contributed by atoms with Crippen LogP contribution in [0.4, 0.5) is 32.0 Å². The molecule has 1 saturated heterocycles. The molecule has 2 aromatic rings. The van der Waals surface area contributed by atoms with Gasteiger partial charge in [-0.05, 0) is 49.9 Å². The summed E-state index contributed by atoms with van der Waals surface area (Å²) in [5.41, 5.74) is -2.73. The highest BCUT2D eigenvalue weighted by atomic mass is 19.4. The number of likely N-dealkylation sites (N-methyl/N-ethyl adjacent to an activating group) is 1. The van der Waals surface area contributed by atoms with Crippen LogP contribution in [-0.4, -0.2) is 53.9 Å². The van der Waals surface area contributed by atoms with Crippen molar-refractivity contribution in [1.82, 2.24) is 14.8 Å². The van der Waals surface area contributed by atoms with Crippen LogP contribution in [-0.2, 0) is 17.1 Å². The fourth-order valence-electron chi connectivity index (χ4n) is 3.60. The fraction of sp³-hybridized carbons (Fsp3) is 0.429. The molecule has 1 aliphatic rings. The molecule has 1 unspecified atom stereocenters. The highest BCUT2D eigenvalue weighted by molar-refractivity contribution is 5.96. The zero-order valence-electron chi connectivity index (χ0n) is 17.9. The largest absolute Gasteiger partial charge is 0.416 e. The third-order valence-electron chi connectivity index (χ3n) is 5.44. The third-order valence-corrected chi connectivity index (χ3v) is 5.44. The monoisotopic (exact) mass is 475 g/mol. The number of nitrogens with two attached hydrogens (primary N) is 1. The standard InChI is InChI=1S/C21H23F6N5O/c1-13-3-4-29-17(9-13)18(31-7-5-30(2)6-8-31)19(33)32(28)16-11-14(20(22,23)24)10-15(12-16)21(25,26)27/h3-4,9-12,18H,5-8,28H2,1-2H3. The number of hydrazine groups is 1. The molecule has 1 aromatic heterocycles. The topological polar surface area (TPSA) is 65.7 Å². The van der Waals surface area contributed by atoms with Crippen molar-refractivity contribution in [3.05, 3.63) is 58.9 Å². The summed E-state index contributed by atoms with van der Waals surface area (Å²) >= 11 is 0. The highest BCUT2D eigenvalue weighted by Crippen LogP contribution is 2.38. The van der Waals surface area contributed by atoms with Crippen molar-refractivity contribution in [3.63, 3.8) is 0 Å². The lowest BCUT2D eigenvalue weighted by atomic mass is 10.0. The minimum Gasteiger partial charge on any atom is -0.304 e. The Bertz CT molecular complexity index is 969. The molecule has 0 aliphatic carbocycles. The average Bonchev–Trinajstić information content (AvgIpc) is 2.73. The molecular weight excluding hydrogens is 452 g/mol. The van der Waals surface area contributed by atoms with Gasteiger partial charge in [0, 0.05) is 32.4 Å². The number of pyridine rings is 1. The van der Waals surface area contributed by atoms with Gasteiger partial charge in [-0.3, -0.25) is 14.7 Å². The maximum atomic E-state index is 13.4. The lowest BCUT2D eigenvalue weighted by Crippen LogP contribution is -2.52. The second-order valence-electron chi connectivity index (χ2n) is 7.97. The Hall–Kier alpha value is -2.70. The quantitative estimate of drug-likeness (QED) is 0.317. The van der Waals surface area contributed by atoms with Gasteiger partial charge in [0.25, 0.3) is 5.91 Å². The molecule has 0 bridgehead atoms. The molecule has 0 spiro atoms. The highest BCUT2D eigenvalue weighted by Gasteiger charge is 2.39. The number of hydrogen-bond donors (Lipinski definition) is 1. The van der Waals surface area contributed by atoms with Crippen molar-refractivity contribution in [2.45, 2.75) is 25.3 Å². The van der Waals surface area contributed by atoms with Gasteiger partial charge in [-0.2, -0.15) is 26.3 Å². The van der Waals surface area contributed by atoms with Crippen molar-refractivity contribution in [1.29, 1.82) is 0 Å². The molecule has 3 rings (SSSR count). The Morgan fingerprint density at radius 3 is 2.03 bits per heavy atom. The van der Waals surface area contributed by atoms with Gasteiger partial charge < -0.3 is 4.90 Å². The van der Waals surface area contributed by atoms with Crippen LogP contribution in [0.3, 0.4) is 0 Å². The molecule has 1 aromatic carbocycles. The maximum absolute atomic E-state index is 13.4. The van der Waals surface area contributed by atoms with Crippen LogP contribution >= 0.6 is 0 Å². The number of benzene rings is 1. The van der Waals surface area contributed by atoms with Crippen molar-refractivity contribution in [2.75, 3.05) is 38.2 Å². The number of nitrogens with zero attached hydrogens (tertiary/aromatic N) is 4. The first-order valence-corrected chi connectivity index (χ1v) is 10.0. The first-order chi connectivity index (χ1) is 15.3. The number of aromatic nitrogens is 1. The van der Waals surface area contributed by atoms with Crippen molar-refractivity contribution >= 4 is 11.6 Å². The molecular formula is C21H23F6N5O. The summed E-state index contributed by atoms with van der Waals surface area (Å²) < 4.78 is 79.6. The smallest absolute Gasteiger partial charge is 0.304 e. The Morgan fingerprint density at radius 1 is 1.00 bits per heavy atom. The van der Waals surface area contributed by atoms with E-state index in [0.717, 1.165) is 5.56 Å². The van der Waals surface area contributed by atoms with Crippen LogP contribution in [0.15, 0.2) is 36.5 Å². The molecule has 1 atom stereocenters. The van der Waals surface area contributed by atoms with E-state index in [4.69, 9.17) is 5.84 Å². The number of carbonyl (C=O) groups is 1. The Labute approximate surface area is 186 Å². The molecule has 0 radical (unpaired) electrons. The van der Waals surface area contributed by atoms with E-state index in [0.29, 0.717) is 49.0 Å². The fourth-order valence-corrected chi connectivity index (χ4v) is 3.60. The van der Waals surface area contributed by atoms with Crippen LogP contribution < -0.4 is 10.9 Å². The van der Waals surface area contributed by atoms with Crippen molar-refractivity contribution in [3.8, 4) is 0 Å². The van der Waals surface area contributed by atoms with E-state index in [1.807, 2.05) is 11.9 Å². The lowest BCUT2D eigenvalue weighted by Gasteiger charge is -2.38. The van der Waals surface area contributed by atoms with E-state index in [-0.39, 0.29) is 6.07 Å². The summed E-state index contributed by atoms with van der Waals surface area (Å²) in [4.78, 5) is 21.4. The molecule has 12 heteroatoms. The van der Waals surface area contributed by atoms with Crippen LogP contribution in [0.25, 0.3) is 0 Å². The summed E-state index contributed by atoms with van der Waals surface area (Å²) in [5, 5.41) is 0.345. The molecule has 33 heavy (non-hydrogen) atoms. The molecule has 1 aliphatic heterocycles. The second-order valence-corrected chi connectivity index (χ2v) is 7.97. The summed E-state index contributed by atoms with van der Waals surface area (Å²) in [6.45, 7) is 3.88. The van der Waals surface area contributed by atoms with Crippen LogP contribution in [0.1, 0.15) is 28.4 Å². The van der Waals surface area contributed by atoms with Gasteiger partial charge in [0.2, 0.25) is 0 Å². The van der Waals surface area contributed by atoms with E-state index in [1.165, 1.54) is 6.20 Å². The van der Waals surface area contributed by atoms with E-state index in [9.17, 15) is 31.1 Å². The first kappa shape index (κ1) is 24.9. The maximum Gasteiger partial charge on any atom is 0.416 e. The number of piperazine rings is 1. The minimum absolute atomic E-state index is 0.0120. The minimum atomic E-state index is -5.06. The summed E-state index contributed by atoms with van der Waals surface area (Å²) in [6.07, 6.45) is -8.64. The van der Waals surface area contributed by atoms with Gasteiger partial charge in [0.1, 0.15) is 6.04 Å². The van der Waals surface area contributed by atoms with Gasteiger partial charge in [-0.15, -0.1) is 0 Å². The summed E-state index contributed by atoms with van der Waals surface area (Å²) in [5.74, 6) is 4.97. The number of anilines is 1. The van der Waals surface area contributed by atoms with Gasteiger partial charge in [-0.25, -0.2) is 10.9 Å². The average molecular weight is 475 g/mol. The molecule has 0 saturated carbocycles. The number of hydrogen-bond acceptors (Lipinski definition) is 5. The van der Waals surface area contributed by atoms with Crippen LogP contribution in [0, 0.1) is 6.92 Å². The first-order valence-electron chi connectivity index (χ1n) is 10.0. The van der Waals surface area contributed by atoms with Crippen molar-refractivity contribution < 1.29 is 31.1 Å². The second kappa shape index (κ2) is 9.27.